The van der Waals surface area contributed by atoms with E-state index in [1.165, 1.54) is 0 Å². The van der Waals surface area contributed by atoms with E-state index in [1.54, 1.807) is 0 Å². The number of carboxylic acid groups (broad SMARTS) is 1. The van der Waals surface area contributed by atoms with Gasteiger partial charge in [-0.1, -0.05) is 13.3 Å². The van der Waals surface area contributed by atoms with Crippen molar-refractivity contribution < 1.29 is 14.7 Å². The molecule has 0 aliphatic heterocycles. The molecule has 0 aromatic rings. The molecule has 4 N–H and O–H groups in total. The maximum Gasteiger partial charge on any atom is 0.305 e. The van der Waals surface area contributed by atoms with Crippen LogP contribution >= 0.6 is 0 Å². The van der Waals surface area contributed by atoms with E-state index < -0.39 is 5.97 Å². The second-order valence-corrected chi connectivity index (χ2v) is 5.86. The zero-order valence-electron chi connectivity index (χ0n) is 11.9. The lowest BCUT2D eigenvalue weighted by atomic mass is 10.00. The third kappa shape index (κ3) is 6.57. The number of carboxylic acids is 1. The van der Waals surface area contributed by atoms with Crippen molar-refractivity contribution in [1.29, 1.82) is 0 Å². The van der Waals surface area contributed by atoms with Gasteiger partial charge in [0, 0.05) is 18.0 Å². The van der Waals surface area contributed by atoms with Gasteiger partial charge in [0.2, 0.25) is 5.91 Å². The van der Waals surface area contributed by atoms with Crippen LogP contribution in [0.4, 0.5) is 0 Å². The molecule has 5 heteroatoms. The lowest BCUT2D eigenvalue weighted by Crippen LogP contribution is -2.40. The second kappa shape index (κ2) is 7.48. The Kier molecular flexibility index (Phi) is 6.28. The third-order valence-corrected chi connectivity index (χ3v) is 3.66. The van der Waals surface area contributed by atoms with Crippen LogP contribution in [0.2, 0.25) is 0 Å². The number of carbonyl (C=O) groups is 2. The normalized spacial score (nSPS) is 19.5. The van der Waals surface area contributed by atoms with E-state index >= 15 is 0 Å². The first kappa shape index (κ1) is 16.0. The first-order chi connectivity index (χ1) is 8.90. The Balaban J connectivity index is 2.32. The SMILES string of the molecule is CC(N)CCCC(C)C(=O)NC(CC(=O)O)C1CC1. The molecule has 19 heavy (non-hydrogen) atoms. The van der Waals surface area contributed by atoms with Crippen molar-refractivity contribution in [2.45, 2.75) is 64.5 Å². The number of nitrogens with one attached hydrogen (secondary N) is 1. The van der Waals surface area contributed by atoms with Gasteiger partial charge in [-0.3, -0.25) is 9.59 Å². The minimum absolute atomic E-state index is 0.0252. The van der Waals surface area contributed by atoms with Crippen molar-refractivity contribution in [3.63, 3.8) is 0 Å². The summed E-state index contributed by atoms with van der Waals surface area (Å²) >= 11 is 0. The van der Waals surface area contributed by atoms with Crippen LogP contribution in [-0.4, -0.2) is 29.1 Å². The van der Waals surface area contributed by atoms with E-state index in [2.05, 4.69) is 5.32 Å². The van der Waals surface area contributed by atoms with E-state index in [1.807, 2.05) is 13.8 Å². The Morgan fingerprint density at radius 2 is 1.95 bits per heavy atom. The van der Waals surface area contributed by atoms with Crippen LogP contribution in [-0.2, 0) is 9.59 Å². The molecule has 0 radical (unpaired) electrons. The van der Waals surface area contributed by atoms with Crippen molar-refractivity contribution in [2.75, 3.05) is 0 Å². The molecule has 3 unspecified atom stereocenters. The Labute approximate surface area is 114 Å². The summed E-state index contributed by atoms with van der Waals surface area (Å²) in [6.45, 7) is 3.85. The monoisotopic (exact) mass is 270 g/mol. The summed E-state index contributed by atoms with van der Waals surface area (Å²) in [7, 11) is 0. The largest absolute Gasteiger partial charge is 0.481 e. The van der Waals surface area contributed by atoms with Crippen molar-refractivity contribution in [3.8, 4) is 0 Å². The number of rotatable bonds is 9. The zero-order chi connectivity index (χ0) is 14.4. The molecule has 110 valence electrons. The summed E-state index contributed by atoms with van der Waals surface area (Å²) < 4.78 is 0. The number of nitrogens with two attached hydrogens (primary N) is 1. The predicted octanol–water partition coefficient (Wildman–Crippen LogP) is 1.51. The maximum atomic E-state index is 12.0. The summed E-state index contributed by atoms with van der Waals surface area (Å²) in [5.74, 6) is -0.588. The number of amides is 1. The molecule has 5 nitrogen and oxygen atoms in total. The molecule has 0 bridgehead atoms. The van der Waals surface area contributed by atoms with E-state index in [4.69, 9.17) is 10.8 Å². The minimum Gasteiger partial charge on any atom is -0.481 e. The number of hydrogen-bond donors (Lipinski definition) is 3. The fourth-order valence-corrected chi connectivity index (χ4v) is 2.22. The average Bonchev–Trinajstić information content (AvgIpc) is 3.10. The van der Waals surface area contributed by atoms with E-state index in [-0.39, 0.29) is 30.3 Å². The smallest absolute Gasteiger partial charge is 0.305 e. The molecule has 1 rings (SSSR count). The van der Waals surface area contributed by atoms with Crippen LogP contribution in [0.3, 0.4) is 0 Å². The molecule has 0 aromatic heterocycles. The summed E-state index contributed by atoms with van der Waals surface area (Å²) in [5, 5.41) is 11.7. The van der Waals surface area contributed by atoms with Crippen molar-refractivity contribution in [2.24, 2.45) is 17.6 Å². The number of aliphatic carboxylic acids is 1. The van der Waals surface area contributed by atoms with Gasteiger partial charge >= 0.3 is 5.97 Å². The third-order valence-electron chi connectivity index (χ3n) is 3.66. The Bertz CT molecular complexity index is 314. The Morgan fingerprint density at radius 1 is 1.32 bits per heavy atom. The van der Waals surface area contributed by atoms with Gasteiger partial charge in [0.15, 0.2) is 0 Å². The average molecular weight is 270 g/mol. The maximum absolute atomic E-state index is 12.0. The van der Waals surface area contributed by atoms with Crippen molar-refractivity contribution in [1.82, 2.24) is 5.32 Å². The van der Waals surface area contributed by atoms with Gasteiger partial charge in [-0.25, -0.2) is 0 Å². The Morgan fingerprint density at radius 3 is 2.42 bits per heavy atom. The van der Waals surface area contributed by atoms with Gasteiger partial charge in [-0.2, -0.15) is 0 Å². The predicted molar refractivity (Wildman–Crippen MR) is 73.6 cm³/mol. The highest BCUT2D eigenvalue weighted by atomic mass is 16.4. The standard InChI is InChI=1S/C14H26N2O3/c1-9(4-3-5-10(2)15)14(19)16-12(8-13(17)18)11-6-7-11/h9-12H,3-8,15H2,1-2H3,(H,16,19)(H,17,18). The molecular formula is C14H26N2O3. The van der Waals surface area contributed by atoms with Gasteiger partial charge in [0.05, 0.1) is 6.42 Å². The topological polar surface area (TPSA) is 92.4 Å². The second-order valence-electron chi connectivity index (χ2n) is 5.86. The molecule has 3 atom stereocenters. The van der Waals surface area contributed by atoms with Crippen LogP contribution in [0.1, 0.15) is 52.4 Å². The van der Waals surface area contributed by atoms with Crippen molar-refractivity contribution in [3.05, 3.63) is 0 Å². The molecule has 0 spiro atoms. The van der Waals surface area contributed by atoms with E-state index in [9.17, 15) is 9.59 Å². The fourth-order valence-electron chi connectivity index (χ4n) is 2.22. The highest BCUT2D eigenvalue weighted by Crippen LogP contribution is 2.34. The van der Waals surface area contributed by atoms with Crippen LogP contribution in [0.15, 0.2) is 0 Å². The molecule has 0 heterocycles. The van der Waals surface area contributed by atoms with Crippen molar-refractivity contribution >= 4 is 11.9 Å². The fraction of sp³-hybridized carbons (Fsp3) is 0.857. The summed E-state index contributed by atoms with van der Waals surface area (Å²) in [6.07, 6.45) is 4.73. The van der Waals surface area contributed by atoms with Gasteiger partial charge in [0.1, 0.15) is 0 Å². The molecule has 1 aliphatic rings. The minimum atomic E-state index is -0.846. The molecule has 0 saturated heterocycles. The number of carbonyl (C=O) groups excluding carboxylic acids is 1. The van der Waals surface area contributed by atoms with E-state index in [0.717, 1.165) is 32.1 Å². The van der Waals surface area contributed by atoms with Gasteiger partial charge in [-0.15, -0.1) is 0 Å². The molecule has 1 fully saturated rings. The van der Waals surface area contributed by atoms with Gasteiger partial charge in [-0.05, 0) is 38.5 Å². The van der Waals surface area contributed by atoms with Crippen LogP contribution in [0.25, 0.3) is 0 Å². The molecule has 1 saturated carbocycles. The molecule has 1 amide bonds. The highest BCUT2D eigenvalue weighted by molar-refractivity contribution is 5.79. The quantitative estimate of drug-likeness (QED) is 0.592. The van der Waals surface area contributed by atoms with Crippen LogP contribution in [0, 0.1) is 11.8 Å². The lowest BCUT2D eigenvalue weighted by molar-refractivity contribution is -0.138. The van der Waals surface area contributed by atoms with Gasteiger partial charge < -0.3 is 16.2 Å². The van der Waals surface area contributed by atoms with Crippen LogP contribution < -0.4 is 11.1 Å². The molecular weight excluding hydrogens is 244 g/mol. The van der Waals surface area contributed by atoms with E-state index in [0.29, 0.717) is 5.92 Å². The summed E-state index contributed by atoms with van der Waals surface area (Å²) in [4.78, 5) is 22.8. The van der Waals surface area contributed by atoms with Crippen LogP contribution in [0.5, 0.6) is 0 Å². The summed E-state index contributed by atoms with van der Waals surface area (Å²) in [6, 6.07) is -0.0256. The Hall–Kier alpha value is -1.10. The molecule has 1 aliphatic carbocycles. The first-order valence-corrected chi connectivity index (χ1v) is 7.18. The van der Waals surface area contributed by atoms with Gasteiger partial charge in [0.25, 0.3) is 0 Å². The zero-order valence-corrected chi connectivity index (χ0v) is 11.9. The molecule has 0 aromatic carbocycles. The summed E-state index contributed by atoms with van der Waals surface area (Å²) in [5.41, 5.74) is 5.67. The number of hydrogen-bond acceptors (Lipinski definition) is 3. The highest BCUT2D eigenvalue weighted by Gasteiger charge is 2.34. The first-order valence-electron chi connectivity index (χ1n) is 7.18. The lowest BCUT2D eigenvalue weighted by Gasteiger charge is -2.19.